The van der Waals surface area contributed by atoms with Crippen LogP contribution in [0.3, 0.4) is 0 Å². The summed E-state index contributed by atoms with van der Waals surface area (Å²) in [6.45, 7) is 4.39. The lowest BCUT2D eigenvalue weighted by Gasteiger charge is -2.11. The maximum atomic E-state index is 11.9. The fourth-order valence-corrected chi connectivity index (χ4v) is 1.53. The highest BCUT2D eigenvalue weighted by Crippen LogP contribution is 2.07. The number of carbonyl (C=O) groups is 1. The minimum absolute atomic E-state index is 0.0480. The number of benzene rings is 1. The van der Waals surface area contributed by atoms with Crippen LogP contribution >= 0.6 is 0 Å². The third kappa shape index (κ3) is 3.43. The number of ketones is 1. The van der Waals surface area contributed by atoms with Gasteiger partial charge in [0.2, 0.25) is 0 Å². The van der Waals surface area contributed by atoms with Crippen LogP contribution < -0.4 is 5.32 Å². The largest absolute Gasteiger partial charge is 0.395 e. The van der Waals surface area contributed by atoms with Gasteiger partial charge in [0.15, 0.2) is 5.78 Å². The predicted molar refractivity (Wildman–Crippen MR) is 64.7 cm³/mol. The summed E-state index contributed by atoms with van der Waals surface area (Å²) < 4.78 is 0. The topological polar surface area (TPSA) is 49.3 Å². The molecule has 0 aliphatic heterocycles. The van der Waals surface area contributed by atoms with Gasteiger partial charge in [-0.3, -0.25) is 4.79 Å². The highest BCUT2D eigenvalue weighted by atomic mass is 16.3. The van der Waals surface area contributed by atoms with Gasteiger partial charge < -0.3 is 10.4 Å². The maximum Gasteiger partial charge on any atom is 0.179 e. The van der Waals surface area contributed by atoms with E-state index in [1.807, 2.05) is 31.2 Å². The van der Waals surface area contributed by atoms with Crippen LogP contribution in [0.25, 0.3) is 0 Å². The SMILES string of the molecule is CCc1ccc(C(=O)C(C)NCCO)cc1. The van der Waals surface area contributed by atoms with Crippen LogP contribution in [0, 0.1) is 0 Å². The molecule has 0 heterocycles. The molecule has 0 aliphatic carbocycles. The second-order valence-electron chi connectivity index (χ2n) is 3.81. The number of nitrogens with one attached hydrogen (secondary N) is 1. The first kappa shape index (κ1) is 12.9. The summed E-state index contributed by atoms with van der Waals surface area (Å²) in [6, 6.07) is 7.42. The summed E-state index contributed by atoms with van der Waals surface area (Å²) in [7, 11) is 0. The number of hydrogen-bond acceptors (Lipinski definition) is 3. The second kappa shape index (κ2) is 6.40. The van der Waals surface area contributed by atoms with E-state index in [0.717, 1.165) is 12.0 Å². The van der Waals surface area contributed by atoms with E-state index in [4.69, 9.17) is 5.11 Å². The normalized spacial score (nSPS) is 12.4. The molecule has 0 fully saturated rings. The van der Waals surface area contributed by atoms with Crippen LogP contribution in [0.1, 0.15) is 29.8 Å². The number of carbonyl (C=O) groups excluding carboxylic acids is 1. The van der Waals surface area contributed by atoms with Gasteiger partial charge >= 0.3 is 0 Å². The van der Waals surface area contributed by atoms with Crippen molar-refractivity contribution in [3.8, 4) is 0 Å². The van der Waals surface area contributed by atoms with Gasteiger partial charge in [0.05, 0.1) is 12.6 Å². The molecule has 0 bridgehead atoms. The van der Waals surface area contributed by atoms with Crippen LogP contribution in [-0.4, -0.2) is 30.1 Å². The molecule has 3 heteroatoms. The molecule has 0 amide bonds. The highest BCUT2D eigenvalue weighted by Gasteiger charge is 2.13. The molecular formula is C13H19NO2. The zero-order chi connectivity index (χ0) is 12.0. The highest BCUT2D eigenvalue weighted by molar-refractivity contribution is 5.99. The minimum atomic E-state index is -0.250. The van der Waals surface area contributed by atoms with Crippen molar-refractivity contribution in [2.24, 2.45) is 0 Å². The molecule has 3 nitrogen and oxygen atoms in total. The molecule has 1 unspecified atom stereocenters. The average Bonchev–Trinajstić information content (AvgIpc) is 2.35. The van der Waals surface area contributed by atoms with Crippen LogP contribution in [0.15, 0.2) is 24.3 Å². The average molecular weight is 221 g/mol. The quantitative estimate of drug-likeness (QED) is 0.714. The summed E-state index contributed by atoms with van der Waals surface area (Å²) in [5.74, 6) is 0.0658. The van der Waals surface area contributed by atoms with Gasteiger partial charge in [0.25, 0.3) is 0 Å². The Morgan fingerprint density at radius 1 is 1.38 bits per heavy atom. The van der Waals surface area contributed by atoms with Crippen LogP contribution in [0.5, 0.6) is 0 Å². The summed E-state index contributed by atoms with van der Waals surface area (Å²) in [4.78, 5) is 11.9. The standard InChI is InChI=1S/C13H19NO2/c1-3-11-4-6-12(7-5-11)13(16)10(2)14-8-9-15/h4-7,10,14-15H,3,8-9H2,1-2H3. The Hall–Kier alpha value is -1.19. The monoisotopic (exact) mass is 221 g/mol. The molecule has 1 aromatic carbocycles. The van der Waals surface area contributed by atoms with Crippen molar-refractivity contribution >= 4 is 5.78 Å². The number of aliphatic hydroxyl groups is 1. The van der Waals surface area contributed by atoms with Gasteiger partial charge in [0.1, 0.15) is 0 Å². The van der Waals surface area contributed by atoms with Crippen molar-refractivity contribution in [1.82, 2.24) is 5.32 Å². The molecule has 0 radical (unpaired) electrons. The maximum absolute atomic E-state index is 11.9. The number of Topliss-reactive ketones (excluding diaryl/α,β-unsaturated/α-hetero) is 1. The smallest absolute Gasteiger partial charge is 0.179 e. The van der Waals surface area contributed by atoms with E-state index in [0.29, 0.717) is 6.54 Å². The zero-order valence-electron chi connectivity index (χ0n) is 9.86. The molecule has 1 rings (SSSR count). The van der Waals surface area contributed by atoms with E-state index in [9.17, 15) is 4.79 Å². The van der Waals surface area contributed by atoms with Crippen molar-refractivity contribution in [2.45, 2.75) is 26.3 Å². The van der Waals surface area contributed by atoms with Crippen molar-refractivity contribution in [2.75, 3.05) is 13.2 Å². The minimum Gasteiger partial charge on any atom is -0.395 e. The van der Waals surface area contributed by atoms with E-state index in [1.165, 1.54) is 5.56 Å². The lowest BCUT2D eigenvalue weighted by atomic mass is 10.0. The van der Waals surface area contributed by atoms with E-state index in [2.05, 4.69) is 12.2 Å². The fourth-order valence-electron chi connectivity index (χ4n) is 1.53. The molecule has 0 spiro atoms. The molecule has 88 valence electrons. The Kier molecular flexibility index (Phi) is 5.15. The zero-order valence-corrected chi connectivity index (χ0v) is 9.86. The van der Waals surface area contributed by atoms with Gasteiger partial charge in [-0.2, -0.15) is 0 Å². The van der Waals surface area contributed by atoms with Crippen LogP contribution in [-0.2, 0) is 6.42 Å². The molecule has 0 aromatic heterocycles. The number of rotatable bonds is 6. The second-order valence-corrected chi connectivity index (χ2v) is 3.81. The Labute approximate surface area is 96.5 Å². The lowest BCUT2D eigenvalue weighted by molar-refractivity contribution is 0.0948. The molecule has 1 aromatic rings. The molecule has 0 aliphatic rings. The molecule has 0 saturated carbocycles. The van der Waals surface area contributed by atoms with Crippen molar-refractivity contribution in [3.63, 3.8) is 0 Å². The van der Waals surface area contributed by atoms with E-state index >= 15 is 0 Å². The summed E-state index contributed by atoms with van der Waals surface area (Å²) >= 11 is 0. The van der Waals surface area contributed by atoms with Crippen molar-refractivity contribution in [3.05, 3.63) is 35.4 Å². The van der Waals surface area contributed by atoms with Gasteiger partial charge in [-0.25, -0.2) is 0 Å². The van der Waals surface area contributed by atoms with Gasteiger partial charge in [-0.1, -0.05) is 31.2 Å². The van der Waals surface area contributed by atoms with Crippen LogP contribution in [0.4, 0.5) is 0 Å². The molecule has 0 saturated heterocycles. The summed E-state index contributed by atoms with van der Waals surface area (Å²) in [5.41, 5.74) is 1.95. The number of hydrogen-bond donors (Lipinski definition) is 2. The molecule has 1 atom stereocenters. The fraction of sp³-hybridized carbons (Fsp3) is 0.462. The number of aryl methyl sites for hydroxylation is 1. The predicted octanol–water partition coefficient (Wildman–Crippen LogP) is 1.40. The van der Waals surface area contributed by atoms with E-state index < -0.39 is 0 Å². The summed E-state index contributed by atoms with van der Waals surface area (Å²) in [6.07, 6.45) is 0.979. The van der Waals surface area contributed by atoms with Crippen LogP contribution in [0.2, 0.25) is 0 Å². The number of aliphatic hydroxyl groups excluding tert-OH is 1. The molecule has 16 heavy (non-hydrogen) atoms. The first-order valence-corrected chi connectivity index (χ1v) is 5.66. The first-order valence-electron chi connectivity index (χ1n) is 5.66. The first-order chi connectivity index (χ1) is 7.69. The third-order valence-corrected chi connectivity index (χ3v) is 2.60. The Bertz CT molecular complexity index is 332. The van der Waals surface area contributed by atoms with Crippen molar-refractivity contribution < 1.29 is 9.90 Å². The Balaban J connectivity index is 2.64. The van der Waals surface area contributed by atoms with Gasteiger partial charge in [-0.05, 0) is 18.9 Å². The Morgan fingerprint density at radius 3 is 2.50 bits per heavy atom. The van der Waals surface area contributed by atoms with Gasteiger partial charge in [-0.15, -0.1) is 0 Å². The van der Waals surface area contributed by atoms with E-state index in [1.54, 1.807) is 0 Å². The Morgan fingerprint density at radius 2 is 2.00 bits per heavy atom. The summed E-state index contributed by atoms with van der Waals surface area (Å²) in [5, 5.41) is 11.6. The van der Waals surface area contributed by atoms with E-state index in [-0.39, 0.29) is 18.4 Å². The van der Waals surface area contributed by atoms with Crippen molar-refractivity contribution in [1.29, 1.82) is 0 Å². The lowest BCUT2D eigenvalue weighted by Crippen LogP contribution is -2.35. The molecule has 2 N–H and O–H groups in total. The van der Waals surface area contributed by atoms with Gasteiger partial charge in [0, 0.05) is 12.1 Å². The third-order valence-electron chi connectivity index (χ3n) is 2.60. The molecular weight excluding hydrogens is 202 g/mol.